The molecule has 1 atom stereocenters. The van der Waals surface area contributed by atoms with E-state index in [0.29, 0.717) is 16.9 Å². The van der Waals surface area contributed by atoms with Crippen molar-refractivity contribution in [1.82, 2.24) is 10.6 Å². The third kappa shape index (κ3) is 3.50. The fourth-order valence-electron chi connectivity index (χ4n) is 4.32. The van der Waals surface area contributed by atoms with Crippen LogP contribution in [0.3, 0.4) is 0 Å². The SMILES string of the molecule is CC1(C)CC(NC(=O)C2(C)CCNC2)CC(C)(C)C1. The van der Waals surface area contributed by atoms with Gasteiger partial charge in [0.1, 0.15) is 0 Å². The van der Waals surface area contributed by atoms with Gasteiger partial charge in [0.15, 0.2) is 0 Å². The van der Waals surface area contributed by atoms with Gasteiger partial charge < -0.3 is 10.6 Å². The van der Waals surface area contributed by atoms with E-state index in [9.17, 15) is 4.79 Å². The van der Waals surface area contributed by atoms with Crippen molar-refractivity contribution in [2.75, 3.05) is 13.1 Å². The van der Waals surface area contributed by atoms with Gasteiger partial charge in [0, 0.05) is 12.6 Å². The number of nitrogens with one attached hydrogen (secondary N) is 2. The Hall–Kier alpha value is -0.570. The molecule has 1 saturated carbocycles. The van der Waals surface area contributed by atoms with Gasteiger partial charge in [-0.1, -0.05) is 27.7 Å². The summed E-state index contributed by atoms with van der Waals surface area (Å²) in [5.41, 5.74) is 0.453. The Morgan fingerprint density at radius 3 is 2.16 bits per heavy atom. The largest absolute Gasteiger partial charge is 0.353 e. The fraction of sp³-hybridized carbons (Fsp3) is 0.938. The van der Waals surface area contributed by atoms with E-state index in [-0.39, 0.29) is 11.3 Å². The first-order valence-corrected chi connectivity index (χ1v) is 7.64. The lowest BCUT2D eigenvalue weighted by Crippen LogP contribution is -2.50. The molecule has 0 aromatic carbocycles. The average molecular weight is 266 g/mol. The predicted octanol–water partition coefficient (Wildman–Crippen LogP) is 2.71. The molecule has 110 valence electrons. The molecule has 1 saturated heterocycles. The van der Waals surface area contributed by atoms with Crippen molar-refractivity contribution in [2.24, 2.45) is 16.2 Å². The van der Waals surface area contributed by atoms with Crippen LogP contribution >= 0.6 is 0 Å². The van der Waals surface area contributed by atoms with E-state index in [2.05, 4.69) is 45.3 Å². The number of rotatable bonds is 2. The molecular weight excluding hydrogens is 236 g/mol. The van der Waals surface area contributed by atoms with Gasteiger partial charge in [0.2, 0.25) is 5.91 Å². The van der Waals surface area contributed by atoms with Gasteiger partial charge in [-0.2, -0.15) is 0 Å². The molecule has 0 aromatic rings. The van der Waals surface area contributed by atoms with Crippen LogP contribution in [0.2, 0.25) is 0 Å². The Kier molecular flexibility index (Phi) is 3.72. The van der Waals surface area contributed by atoms with E-state index >= 15 is 0 Å². The van der Waals surface area contributed by atoms with Crippen molar-refractivity contribution in [3.8, 4) is 0 Å². The summed E-state index contributed by atoms with van der Waals surface area (Å²) in [6.07, 6.45) is 4.40. The molecule has 1 aliphatic heterocycles. The van der Waals surface area contributed by atoms with E-state index in [1.165, 1.54) is 6.42 Å². The zero-order valence-electron chi connectivity index (χ0n) is 13.2. The maximum atomic E-state index is 12.5. The summed E-state index contributed by atoms with van der Waals surface area (Å²) in [6.45, 7) is 13.2. The summed E-state index contributed by atoms with van der Waals surface area (Å²) in [4.78, 5) is 12.5. The summed E-state index contributed by atoms with van der Waals surface area (Å²) in [5, 5.41) is 6.64. The highest BCUT2D eigenvalue weighted by molar-refractivity contribution is 5.83. The molecule has 1 aliphatic carbocycles. The third-order valence-corrected chi connectivity index (χ3v) is 4.81. The molecule has 2 rings (SSSR count). The standard InChI is InChI=1S/C16H30N2O/c1-14(2)8-12(9-15(3,4)10-14)18-13(19)16(5)6-7-17-11-16/h12,17H,6-11H2,1-5H3,(H,18,19). The van der Waals surface area contributed by atoms with Crippen molar-refractivity contribution in [2.45, 2.75) is 66.3 Å². The van der Waals surface area contributed by atoms with Gasteiger partial charge in [-0.15, -0.1) is 0 Å². The third-order valence-electron chi connectivity index (χ3n) is 4.81. The van der Waals surface area contributed by atoms with E-state index in [0.717, 1.165) is 32.4 Å². The minimum absolute atomic E-state index is 0.203. The molecule has 2 aliphatic rings. The maximum Gasteiger partial charge on any atom is 0.227 e. The summed E-state index contributed by atoms with van der Waals surface area (Å²) in [6, 6.07) is 0.337. The van der Waals surface area contributed by atoms with Crippen LogP contribution in [-0.2, 0) is 4.79 Å². The second-order valence-electron chi connectivity index (χ2n) is 8.57. The molecular formula is C16H30N2O. The van der Waals surface area contributed by atoms with Crippen LogP contribution in [0.1, 0.15) is 60.3 Å². The molecule has 1 unspecified atom stereocenters. The molecule has 0 radical (unpaired) electrons. The van der Waals surface area contributed by atoms with Crippen molar-refractivity contribution in [3.05, 3.63) is 0 Å². The normalized spacial score (nSPS) is 34.2. The number of hydrogen-bond acceptors (Lipinski definition) is 2. The Bertz CT molecular complexity index is 338. The molecule has 2 N–H and O–H groups in total. The molecule has 0 spiro atoms. The Balaban J connectivity index is 2.00. The van der Waals surface area contributed by atoms with Crippen LogP contribution in [-0.4, -0.2) is 25.0 Å². The van der Waals surface area contributed by atoms with Crippen molar-refractivity contribution in [3.63, 3.8) is 0 Å². The Labute approximate surface area is 117 Å². The second-order valence-corrected chi connectivity index (χ2v) is 8.57. The van der Waals surface area contributed by atoms with Crippen LogP contribution < -0.4 is 10.6 Å². The molecule has 0 aromatic heterocycles. The quantitative estimate of drug-likeness (QED) is 0.807. The highest BCUT2D eigenvalue weighted by Crippen LogP contribution is 2.45. The molecule has 19 heavy (non-hydrogen) atoms. The zero-order valence-corrected chi connectivity index (χ0v) is 13.2. The lowest BCUT2D eigenvalue weighted by atomic mass is 9.63. The fourth-order valence-corrected chi connectivity index (χ4v) is 4.32. The molecule has 2 fully saturated rings. The summed E-state index contributed by atoms with van der Waals surface area (Å²) in [5.74, 6) is 0.246. The summed E-state index contributed by atoms with van der Waals surface area (Å²) in [7, 11) is 0. The van der Waals surface area contributed by atoms with Crippen molar-refractivity contribution >= 4 is 5.91 Å². The number of amides is 1. The van der Waals surface area contributed by atoms with E-state index in [1.54, 1.807) is 0 Å². The van der Waals surface area contributed by atoms with Crippen LogP contribution in [0.5, 0.6) is 0 Å². The lowest BCUT2D eigenvalue weighted by Gasteiger charge is -2.45. The van der Waals surface area contributed by atoms with Gasteiger partial charge in [-0.25, -0.2) is 0 Å². The van der Waals surface area contributed by atoms with Crippen LogP contribution in [0, 0.1) is 16.2 Å². The van der Waals surface area contributed by atoms with Crippen LogP contribution in [0.25, 0.3) is 0 Å². The van der Waals surface area contributed by atoms with E-state index < -0.39 is 0 Å². The minimum Gasteiger partial charge on any atom is -0.353 e. The lowest BCUT2D eigenvalue weighted by molar-refractivity contribution is -0.130. The van der Waals surface area contributed by atoms with Gasteiger partial charge in [0.25, 0.3) is 0 Å². The number of carbonyl (C=O) groups excluding carboxylic acids is 1. The first kappa shape index (κ1) is 14.8. The number of hydrogen-bond donors (Lipinski definition) is 2. The summed E-state index contributed by atoms with van der Waals surface area (Å²) >= 11 is 0. The maximum absolute atomic E-state index is 12.5. The first-order chi connectivity index (χ1) is 8.62. The Morgan fingerprint density at radius 1 is 1.11 bits per heavy atom. The highest BCUT2D eigenvalue weighted by atomic mass is 16.2. The van der Waals surface area contributed by atoms with Gasteiger partial charge in [-0.05, 0) is 50.0 Å². The van der Waals surface area contributed by atoms with Crippen molar-refractivity contribution < 1.29 is 4.79 Å². The molecule has 3 nitrogen and oxygen atoms in total. The molecule has 0 bridgehead atoms. The number of carbonyl (C=O) groups is 1. The highest BCUT2D eigenvalue weighted by Gasteiger charge is 2.42. The smallest absolute Gasteiger partial charge is 0.227 e. The molecule has 1 heterocycles. The van der Waals surface area contributed by atoms with E-state index in [4.69, 9.17) is 0 Å². The van der Waals surface area contributed by atoms with Gasteiger partial charge in [-0.3, -0.25) is 4.79 Å². The van der Waals surface area contributed by atoms with E-state index in [1.807, 2.05) is 0 Å². The average Bonchev–Trinajstić information content (AvgIpc) is 2.61. The monoisotopic (exact) mass is 266 g/mol. The predicted molar refractivity (Wildman–Crippen MR) is 78.9 cm³/mol. The topological polar surface area (TPSA) is 41.1 Å². The Morgan fingerprint density at radius 2 is 1.68 bits per heavy atom. The molecule has 3 heteroatoms. The van der Waals surface area contributed by atoms with Crippen LogP contribution in [0.15, 0.2) is 0 Å². The van der Waals surface area contributed by atoms with Crippen molar-refractivity contribution in [1.29, 1.82) is 0 Å². The summed E-state index contributed by atoms with van der Waals surface area (Å²) < 4.78 is 0. The zero-order chi connectivity index (χ0) is 14.3. The van der Waals surface area contributed by atoms with Gasteiger partial charge >= 0.3 is 0 Å². The molecule has 1 amide bonds. The van der Waals surface area contributed by atoms with Gasteiger partial charge in [0.05, 0.1) is 5.41 Å². The second kappa shape index (κ2) is 4.76. The first-order valence-electron chi connectivity index (χ1n) is 7.64. The van der Waals surface area contributed by atoms with Crippen LogP contribution in [0.4, 0.5) is 0 Å². The minimum atomic E-state index is -0.203.